The van der Waals surface area contributed by atoms with Crippen LogP contribution >= 0.6 is 0 Å². The Balaban J connectivity index is 2.65. The Morgan fingerprint density at radius 3 is 2.36 bits per heavy atom. The van der Waals surface area contributed by atoms with Gasteiger partial charge in [0.05, 0.1) is 18.6 Å². The zero-order valence-electron chi connectivity index (χ0n) is 7.09. The van der Waals surface area contributed by atoms with Gasteiger partial charge in [-0.05, 0) is 6.42 Å². The number of carbonyl (C=O) groups is 1. The number of hydrogen-bond donors (Lipinski definition) is 1. The Hall–Kier alpha value is -0.570. The van der Waals surface area contributed by atoms with E-state index < -0.39 is 0 Å². The normalized spacial score (nSPS) is 23.8. The lowest BCUT2D eigenvalue weighted by molar-refractivity contribution is -0.145. The lowest BCUT2D eigenvalue weighted by Gasteiger charge is -2.39. The van der Waals surface area contributed by atoms with Gasteiger partial charge in [0.25, 0.3) is 0 Å². The second-order valence-electron chi connectivity index (χ2n) is 3.37. The molecule has 64 valence electrons. The fraction of sp³-hybridized carbons (Fsp3) is 0.875. The van der Waals surface area contributed by atoms with Crippen LogP contribution < -0.4 is 5.73 Å². The molecule has 1 rings (SSSR count). The molecule has 0 aliphatic carbocycles. The highest BCUT2D eigenvalue weighted by atomic mass is 16.5. The van der Waals surface area contributed by atoms with E-state index in [1.54, 1.807) is 0 Å². The highest BCUT2D eigenvalue weighted by Gasteiger charge is 2.42. The van der Waals surface area contributed by atoms with Crippen molar-refractivity contribution in [1.82, 2.24) is 0 Å². The minimum absolute atomic E-state index is 0.201. The summed E-state index contributed by atoms with van der Waals surface area (Å²) in [7, 11) is 0. The minimum Gasteiger partial charge on any atom is -0.381 e. The summed E-state index contributed by atoms with van der Waals surface area (Å²) in [5, 5.41) is 0. The van der Waals surface area contributed by atoms with E-state index in [0.29, 0.717) is 19.1 Å². The van der Waals surface area contributed by atoms with Crippen molar-refractivity contribution in [3.8, 4) is 0 Å². The molecule has 1 saturated heterocycles. The topological polar surface area (TPSA) is 52.3 Å². The van der Waals surface area contributed by atoms with Gasteiger partial charge < -0.3 is 10.5 Å². The third-order valence-electron chi connectivity index (χ3n) is 2.84. The van der Waals surface area contributed by atoms with E-state index in [2.05, 4.69) is 0 Å². The summed E-state index contributed by atoms with van der Waals surface area (Å²) in [6.45, 7) is 5.28. The fourth-order valence-corrected chi connectivity index (χ4v) is 1.27. The molecule has 0 aromatic carbocycles. The lowest BCUT2D eigenvalue weighted by Crippen LogP contribution is -2.48. The molecule has 3 heteroatoms. The number of rotatable bonds is 3. The fourth-order valence-electron chi connectivity index (χ4n) is 1.27. The second-order valence-corrected chi connectivity index (χ2v) is 3.37. The molecular weight excluding hydrogens is 142 g/mol. The van der Waals surface area contributed by atoms with Gasteiger partial charge in [0, 0.05) is 5.92 Å². The number of ether oxygens (including phenoxy) is 1. The molecule has 0 spiro atoms. The average Bonchev–Trinajstić information content (AvgIpc) is 1.83. The molecule has 1 unspecified atom stereocenters. The van der Waals surface area contributed by atoms with Crippen LogP contribution in [0.2, 0.25) is 0 Å². The summed E-state index contributed by atoms with van der Waals surface area (Å²) < 4.78 is 5.03. The van der Waals surface area contributed by atoms with Crippen LogP contribution in [0.3, 0.4) is 0 Å². The highest BCUT2D eigenvalue weighted by molar-refractivity contribution is 5.80. The number of amides is 1. The molecule has 0 radical (unpaired) electrons. The van der Waals surface area contributed by atoms with E-state index in [4.69, 9.17) is 10.5 Å². The van der Waals surface area contributed by atoms with Crippen molar-refractivity contribution in [3.63, 3.8) is 0 Å². The van der Waals surface area contributed by atoms with Crippen LogP contribution in [0.25, 0.3) is 0 Å². The van der Waals surface area contributed by atoms with E-state index in [1.807, 2.05) is 13.8 Å². The predicted octanol–water partition coefficient (Wildman–Crippen LogP) is 0.534. The van der Waals surface area contributed by atoms with Crippen molar-refractivity contribution in [2.24, 2.45) is 17.1 Å². The Labute approximate surface area is 66.9 Å². The van der Waals surface area contributed by atoms with E-state index in [1.165, 1.54) is 0 Å². The molecule has 1 fully saturated rings. The van der Waals surface area contributed by atoms with Crippen LogP contribution in [0.5, 0.6) is 0 Å². The Bertz CT molecular complexity index is 165. The smallest absolute Gasteiger partial charge is 0.223 e. The number of primary amides is 1. The first-order valence-electron chi connectivity index (χ1n) is 3.99. The van der Waals surface area contributed by atoms with Gasteiger partial charge in [-0.3, -0.25) is 4.79 Å². The van der Waals surface area contributed by atoms with Gasteiger partial charge in [0.2, 0.25) is 5.91 Å². The zero-order valence-corrected chi connectivity index (χ0v) is 7.09. The molecule has 0 saturated carbocycles. The van der Waals surface area contributed by atoms with Crippen molar-refractivity contribution >= 4 is 5.91 Å². The van der Waals surface area contributed by atoms with Crippen molar-refractivity contribution in [3.05, 3.63) is 0 Å². The quantitative estimate of drug-likeness (QED) is 0.649. The standard InChI is InChI=1S/C8H15NO2/c1-3-8(2,7(9)10)6-4-11-5-6/h6H,3-5H2,1-2H3,(H2,9,10). The average molecular weight is 157 g/mol. The number of nitrogens with two attached hydrogens (primary N) is 1. The summed E-state index contributed by atoms with van der Waals surface area (Å²) in [4.78, 5) is 11.1. The number of hydrogen-bond acceptors (Lipinski definition) is 2. The molecule has 2 N–H and O–H groups in total. The molecule has 1 aliphatic heterocycles. The predicted molar refractivity (Wildman–Crippen MR) is 41.9 cm³/mol. The molecule has 11 heavy (non-hydrogen) atoms. The summed E-state index contributed by atoms with van der Waals surface area (Å²) in [6, 6.07) is 0. The molecule has 0 bridgehead atoms. The summed E-state index contributed by atoms with van der Waals surface area (Å²) in [5.74, 6) is 0.137. The van der Waals surface area contributed by atoms with Crippen LogP contribution in [0, 0.1) is 11.3 Å². The molecule has 0 aromatic heterocycles. The van der Waals surface area contributed by atoms with E-state index in [9.17, 15) is 4.79 Å². The maximum atomic E-state index is 11.1. The molecule has 3 nitrogen and oxygen atoms in total. The Morgan fingerprint density at radius 1 is 1.73 bits per heavy atom. The van der Waals surface area contributed by atoms with Gasteiger partial charge in [-0.2, -0.15) is 0 Å². The largest absolute Gasteiger partial charge is 0.381 e. The summed E-state index contributed by atoms with van der Waals surface area (Å²) in [6.07, 6.45) is 0.802. The molecule has 0 aromatic rings. The third kappa shape index (κ3) is 1.25. The van der Waals surface area contributed by atoms with E-state index in [0.717, 1.165) is 6.42 Å². The van der Waals surface area contributed by atoms with Gasteiger partial charge in [0.15, 0.2) is 0 Å². The second kappa shape index (κ2) is 2.81. The third-order valence-corrected chi connectivity index (χ3v) is 2.84. The zero-order chi connectivity index (χ0) is 8.48. The van der Waals surface area contributed by atoms with Crippen LogP contribution in [0.15, 0.2) is 0 Å². The van der Waals surface area contributed by atoms with Gasteiger partial charge >= 0.3 is 0 Å². The van der Waals surface area contributed by atoms with E-state index >= 15 is 0 Å². The molecular formula is C8H15NO2. The number of carbonyl (C=O) groups excluding carboxylic acids is 1. The maximum Gasteiger partial charge on any atom is 0.223 e. The molecule has 1 heterocycles. The van der Waals surface area contributed by atoms with Gasteiger partial charge in [-0.1, -0.05) is 13.8 Å². The lowest BCUT2D eigenvalue weighted by atomic mass is 9.73. The SMILES string of the molecule is CCC(C)(C(N)=O)C1COC1. The van der Waals surface area contributed by atoms with Gasteiger partial charge in [-0.25, -0.2) is 0 Å². The van der Waals surface area contributed by atoms with Crippen LogP contribution in [-0.2, 0) is 9.53 Å². The minimum atomic E-state index is -0.349. The highest BCUT2D eigenvalue weighted by Crippen LogP contribution is 2.35. The molecule has 1 amide bonds. The Kier molecular flexibility index (Phi) is 2.18. The first-order valence-corrected chi connectivity index (χ1v) is 3.99. The molecule has 1 aliphatic rings. The molecule has 1 atom stereocenters. The van der Waals surface area contributed by atoms with Crippen LogP contribution in [-0.4, -0.2) is 19.1 Å². The maximum absolute atomic E-state index is 11.1. The van der Waals surface area contributed by atoms with Crippen molar-refractivity contribution < 1.29 is 9.53 Å². The first kappa shape index (κ1) is 8.53. The van der Waals surface area contributed by atoms with Crippen molar-refractivity contribution in [1.29, 1.82) is 0 Å². The Morgan fingerprint density at radius 2 is 2.27 bits per heavy atom. The summed E-state index contributed by atoms with van der Waals surface area (Å²) >= 11 is 0. The monoisotopic (exact) mass is 157 g/mol. The van der Waals surface area contributed by atoms with Gasteiger partial charge in [0.1, 0.15) is 0 Å². The van der Waals surface area contributed by atoms with Gasteiger partial charge in [-0.15, -0.1) is 0 Å². The summed E-state index contributed by atoms with van der Waals surface area (Å²) in [5.41, 5.74) is 4.95. The first-order chi connectivity index (χ1) is 5.11. The van der Waals surface area contributed by atoms with Crippen LogP contribution in [0.4, 0.5) is 0 Å². The van der Waals surface area contributed by atoms with E-state index in [-0.39, 0.29) is 11.3 Å². The van der Waals surface area contributed by atoms with Crippen molar-refractivity contribution in [2.75, 3.05) is 13.2 Å². The van der Waals surface area contributed by atoms with Crippen LogP contribution in [0.1, 0.15) is 20.3 Å². The van der Waals surface area contributed by atoms with Crippen molar-refractivity contribution in [2.45, 2.75) is 20.3 Å².